The van der Waals surface area contributed by atoms with Gasteiger partial charge in [0.1, 0.15) is 11.6 Å². The Labute approximate surface area is 128 Å². The van der Waals surface area contributed by atoms with Crippen molar-refractivity contribution in [1.29, 1.82) is 0 Å². The van der Waals surface area contributed by atoms with Crippen LogP contribution in [0.1, 0.15) is 26.6 Å². The van der Waals surface area contributed by atoms with Crippen molar-refractivity contribution in [2.75, 3.05) is 5.88 Å². The smallest absolute Gasteiger partial charge is 0.144 e. The van der Waals surface area contributed by atoms with Gasteiger partial charge in [-0.25, -0.2) is 9.37 Å². The van der Waals surface area contributed by atoms with Crippen LogP contribution < -0.4 is 0 Å². The van der Waals surface area contributed by atoms with Crippen molar-refractivity contribution in [1.82, 2.24) is 9.55 Å². The number of halogens is 3. The number of benzene rings is 1. The van der Waals surface area contributed by atoms with E-state index in [2.05, 4.69) is 30.3 Å². The van der Waals surface area contributed by atoms with Crippen LogP contribution in [0.5, 0.6) is 0 Å². The number of alkyl halides is 1. The summed E-state index contributed by atoms with van der Waals surface area (Å²) >= 11 is 11.7. The lowest BCUT2D eigenvalue weighted by Gasteiger charge is -2.18. The van der Waals surface area contributed by atoms with E-state index in [-0.39, 0.29) is 5.02 Å². The molecule has 1 aromatic carbocycles. The molecule has 1 heterocycles. The van der Waals surface area contributed by atoms with Gasteiger partial charge in [-0.15, -0.1) is 11.6 Å². The van der Waals surface area contributed by atoms with E-state index in [0.29, 0.717) is 29.7 Å². The average molecular weight is 317 g/mol. The maximum atomic E-state index is 13.6. The Kier molecular flexibility index (Phi) is 4.92. The molecule has 1 atom stereocenters. The quantitative estimate of drug-likeness (QED) is 0.717. The van der Waals surface area contributed by atoms with E-state index in [1.54, 1.807) is 6.07 Å². The van der Waals surface area contributed by atoms with Crippen LogP contribution in [-0.4, -0.2) is 15.4 Å². The fourth-order valence-electron chi connectivity index (χ4n) is 2.15. The molecule has 0 saturated carbocycles. The molecule has 1 unspecified atom stereocenters. The maximum absolute atomic E-state index is 13.6. The first-order chi connectivity index (χ1) is 9.43. The Hall–Kier alpha value is -0.800. The maximum Gasteiger partial charge on any atom is 0.144 e. The van der Waals surface area contributed by atoms with Gasteiger partial charge in [0.25, 0.3) is 0 Å². The molecule has 2 aromatic rings. The molecular weight excluding hydrogens is 298 g/mol. The minimum Gasteiger partial charge on any atom is -0.328 e. The average Bonchev–Trinajstić information content (AvgIpc) is 2.68. The first-order valence-corrected chi connectivity index (χ1v) is 7.75. The first-order valence-electron chi connectivity index (χ1n) is 6.84. The van der Waals surface area contributed by atoms with Gasteiger partial charge in [0.15, 0.2) is 0 Å². The number of hydrogen-bond donors (Lipinski definition) is 0. The summed E-state index contributed by atoms with van der Waals surface area (Å²) in [4.78, 5) is 4.50. The number of rotatable bonds is 5. The van der Waals surface area contributed by atoms with Gasteiger partial charge < -0.3 is 4.57 Å². The molecule has 2 nitrogen and oxygen atoms in total. The zero-order valence-corrected chi connectivity index (χ0v) is 13.5. The van der Waals surface area contributed by atoms with E-state index in [1.807, 2.05) is 0 Å². The third-order valence-corrected chi connectivity index (χ3v) is 4.27. The summed E-state index contributed by atoms with van der Waals surface area (Å²) in [5, 5.41) is 0.133. The lowest BCUT2D eigenvalue weighted by atomic mass is 9.98. The topological polar surface area (TPSA) is 17.8 Å². The molecule has 0 amide bonds. The summed E-state index contributed by atoms with van der Waals surface area (Å²) in [6.07, 6.45) is 0.667. The van der Waals surface area contributed by atoms with Gasteiger partial charge in [-0.2, -0.15) is 0 Å². The first kappa shape index (κ1) is 15.6. The lowest BCUT2D eigenvalue weighted by Crippen LogP contribution is -2.15. The summed E-state index contributed by atoms with van der Waals surface area (Å²) in [5.41, 5.74) is 1.52. The molecule has 2 rings (SSSR count). The minimum absolute atomic E-state index is 0.133. The van der Waals surface area contributed by atoms with Crippen LogP contribution in [0.25, 0.3) is 11.0 Å². The zero-order valence-electron chi connectivity index (χ0n) is 12.0. The number of imidazole rings is 1. The number of aryl methyl sites for hydroxylation is 1. The molecule has 0 bridgehead atoms. The zero-order chi connectivity index (χ0) is 14.9. The second-order valence-corrected chi connectivity index (χ2v) is 6.34. The summed E-state index contributed by atoms with van der Waals surface area (Å²) in [5.74, 6) is 2.01. The van der Waals surface area contributed by atoms with Gasteiger partial charge in [-0.1, -0.05) is 32.4 Å². The van der Waals surface area contributed by atoms with Gasteiger partial charge in [0.2, 0.25) is 0 Å². The highest BCUT2D eigenvalue weighted by Crippen LogP contribution is 2.26. The number of aromatic nitrogens is 2. The molecule has 1 aromatic heterocycles. The second kappa shape index (κ2) is 6.31. The van der Waals surface area contributed by atoms with Crippen molar-refractivity contribution in [2.45, 2.75) is 33.7 Å². The Morgan fingerprint density at radius 1 is 1.30 bits per heavy atom. The van der Waals surface area contributed by atoms with Crippen molar-refractivity contribution in [3.63, 3.8) is 0 Å². The monoisotopic (exact) mass is 316 g/mol. The third-order valence-electron chi connectivity index (χ3n) is 3.80. The summed E-state index contributed by atoms with van der Waals surface area (Å²) < 4.78 is 15.7. The number of hydrogen-bond acceptors (Lipinski definition) is 1. The fourth-order valence-corrected chi connectivity index (χ4v) is 2.47. The van der Waals surface area contributed by atoms with E-state index in [0.717, 1.165) is 17.9 Å². The van der Waals surface area contributed by atoms with Gasteiger partial charge in [0.05, 0.1) is 16.1 Å². The van der Waals surface area contributed by atoms with E-state index in [1.165, 1.54) is 6.07 Å². The highest BCUT2D eigenvalue weighted by molar-refractivity contribution is 6.31. The van der Waals surface area contributed by atoms with Crippen molar-refractivity contribution < 1.29 is 4.39 Å². The third kappa shape index (κ3) is 3.09. The molecule has 0 aliphatic carbocycles. The molecule has 0 saturated heterocycles. The largest absolute Gasteiger partial charge is 0.328 e. The van der Waals surface area contributed by atoms with Crippen LogP contribution in [-0.2, 0) is 13.0 Å². The van der Waals surface area contributed by atoms with Crippen molar-refractivity contribution >= 4 is 34.2 Å². The van der Waals surface area contributed by atoms with Crippen LogP contribution in [0.2, 0.25) is 5.02 Å². The predicted octanol–water partition coefficient (Wildman–Crippen LogP) is 4.90. The Balaban J connectivity index is 2.52. The van der Waals surface area contributed by atoms with Gasteiger partial charge in [-0.05, 0) is 17.9 Å². The molecule has 20 heavy (non-hydrogen) atoms. The van der Waals surface area contributed by atoms with Crippen molar-refractivity contribution in [3.05, 3.63) is 28.8 Å². The minimum atomic E-state index is -0.432. The van der Waals surface area contributed by atoms with E-state index >= 15 is 0 Å². The molecule has 0 aliphatic heterocycles. The van der Waals surface area contributed by atoms with Crippen LogP contribution in [0, 0.1) is 17.7 Å². The van der Waals surface area contributed by atoms with Crippen molar-refractivity contribution in [2.24, 2.45) is 11.8 Å². The van der Waals surface area contributed by atoms with E-state index in [4.69, 9.17) is 23.2 Å². The molecule has 110 valence electrons. The molecule has 0 radical (unpaired) electrons. The highest BCUT2D eigenvalue weighted by Gasteiger charge is 2.16. The second-order valence-electron chi connectivity index (χ2n) is 5.55. The van der Waals surface area contributed by atoms with Crippen LogP contribution >= 0.6 is 23.2 Å². The van der Waals surface area contributed by atoms with Crippen molar-refractivity contribution in [3.8, 4) is 0 Å². The lowest BCUT2D eigenvalue weighted by molar-refractivity contribution is 0.364. The van der Waals surface area contributed by atoms with Crippen LogP contribution in [0.15, 0.2) is 12.1 Å². The van der Waals surface area contributed by atoms with E-state index < -0.39 is 5.82 Å². The predicted molar refractivity (Wildman–Crippen MR) is 83.1 cm³/mol. The van der Waals surface area contributed by atoms with Crippen LogP contribution in [0.4, 0.5) is 4.39 Å². The van der Waals surface area contributed by atoms with E-state index in [9.17, 15) is 4.39 Å². The Bertz CT molecular complexity index is 607. The molecular formula is C15H19Cl2FN2. The summed E-state index contributed by atoms with van der Waals surface area (Å²) in [6.45, 7) is 7.42. The van der Waals surface area contributed by atoms with Gasteiger partial charge in [-0.3, -0.25) is 0 Å². The van der Waals surface area contributed by atoms with Crippen LogP contribution in [0.3, 0.4) is 0 Å². The molecule has 0 spiro atoms. The normalized spacial score (nSPS) is 13.3. The molecule has 5 heteroatoms. The molecule has 0 fully saturated rings. The van der Waals surface area contributed by atoms with Gasteiger partial charge >= 0.3 is 0 Å². The summed E-state index contributed by atoms with van der Waals surface area (Å²) in [7, 11) is 0. The number of nitrogens with zero attached hydrogens (tertiary/aromatic N) is 2. The van der Waals surface area contributed by atoms with Gasteiger partial charge in [0, 0.05) is 24.9 Å². The molecule has 0 aliphatic rings. The Morgan fingerprint density at radius 3 is 2.60 bits per heavy atom. The summed E-state index contributed by atoms with van der Waals surface area (Å²) in [6, 6.07) is 3.05. The molecule has 0 N–H and O–H groups in total. The SMILES string of the molecule is CC(C)C(C)Cn1c(CCCl)nc2cc(F)c(Cl)cc21. The standard InChI is InChI=1S/C15H19Cl2FN2/c1-9(2)10(3)8-20-14-6-11(17)12(18)7-13(14)19-15(20)4-5-16/h6-7,9-10H,4-5,8H2,1-3H3. The Morgan fingerprint density at radius 2 is 2.00 bits per heavy atom. The fraction of sp³-hybridized carbons (Fsp3) is 0.533. The highest BCUT2D eigenvalue weighted by atomic mass is 35.5. The number of fused-ring (bicyclic) bond motifs is 1.